The second-order valence-corrected chi connectivity index (χ2v) is 6.86. The van der Waals surface area contributed by atoms with Crippen molar-refractivity contribution < 1.29 is 4.74 Å². The Kier molecular flexibility index (Phi) is 4.41. The van der Waals surface area contributed by atoms with Crippen molar-refractivity contribution in [2.45, 2.75) is 25.7 Å². The molecule has 2 N–H and O–H groups in total. The van der Waals surface area contributed by atoms with Crippen LogP contribution in [0, 0.1) is 11.3 Å². The van der Waals surface area contributed by atoms with E-state index in [9.17, 15) is 5.26 Å². The van der Waals surface area contributed by atoms with Gasteiger partial charge >= 0.3 is 0 Å². The Morgan fingerprint density at radius 3 is 2.36 bits per heavy atom. The lowest BCUT2D eigenvalue weighted by Gasteiger charge is -2.28. The molecule has 0 unspecified atom stereocenters. The summed E-state index contributed by atoms with van der Waals surface area (Å²) in [6, 6.07) is 16.7. The number of anilines is 1. The van der Waals surface area contributed by atoms with Crippen LogP contribution in [0.5, 0.6) is 5.75 Å². The molecule has 3 rings (SSSR count). The van der Waals surface area contributed by atoms with Crippen LogP contribution in [0.25, 0.3) is 0 Å². The number of fused-ring (bicyclic) bond motifs is 1. The monoisotopic (exact) mass is 333 g/mol. The molecule has 0 fully saturated rings. The van der Waals surface area contributed by atoms with Gasteiger partial charge in [-0.05, 0) is 23.1 Å². The largest absolute Gasteiger partial charge is 0.440 e. The molecule has 0 saturated heterocycles. The Morgan fingerprint density at radius 2 is 1.80 bits per heavy atom. The molecule has 1 aliphatic heterocycles. The van der Waals surface area contributed by atoms with Crippen LogP contribution in [0.15, 0.2) is 53.9 Å². The minimum atomic E-state index is -0.203. The van der Waals surface area contributed by atoms with Gasteiger partial charge in [-0.1, -0.05) is 44.2 Å². The summed E-state index contributed by atoms with van der Waals surface area (Å²) in [6.45, 7) is 4.33. The Bertz CT molecular complexity index is 858. The molecule has 1 heterocycles. The molecule has 0 radical (unpaired) electrons. The molecular weight excluding hydrogens is 310 g/mol. The third-order valence-corrected chi connectivity index (χ3v) is 4.66. The minimum Gasteiger partial charge on any atom is -0.440 e. The summed E-state index contributed by atoms with van der Waals surface area (Å²) < 4.78 is 5.75. The predicted molar refractivity (Wildman–Crippen MR) is 101 cm³/mol. The highest BCUT2D eigenvalue weighted by molar-refractivity contribution is 5.61. The number of rotatable bonds is 3. The van der Waals surface area contributed by atoms with Crippen molar-refractivity contribution in [3.05, 3.63) is 70.6 Å². The number of hydrogen-bond acceptors (Lipinski definition) is 4. The Balaban J connectivity index is 2.12. The summed E-state index contributed by atoms with van der Waals surface area (Å²) in [4.78, 5) is 2.01. The van der Waals surface area contributed by atoms with Gasteiger partial charge in [-0.25, -0.2) is 0 Å². The predicted octanol–water partition coefficient (Wildman–Crippen LogP) is 4.09. The van der Waals surface area contributed by atoms with Gasteiger partial charge in [-0.15, -0.1) is 0 Å². The maximum absolute atomic E-state index is 9.63. The summed E-state index contributed by atoms with van der Waals surface area (Å²) in [5.41, 5.74) is 10.8. The zero-order valence-electron chi connectivity index (χ0n) is 15.1. The van der Waals surface area contributed by atoms with Gasteiger partial charge in [0.2, 0.25) is 5.88 Å². The summed E-state index contributed by atoms with van der Waals surface area (Å²) in [5, 5.41) is 9.63. The van der Waals surface area contributed by atoms with Crippen molar-refractivity contribution in [2.75, 3.05) is 19.0 Å². The minimum absolute atomic E-state index is 0.184. The lowest BCUT2D eigenvalue weighted by atomic mass is 9.83. The molecule has 2 aromatic carbocycles. The molecule has 0 spiro atoms. The molecule has 4 nitrogen and oxygen atoms in total. The van der Waals surface area contributed by atoms with Crippen molar-refractivity contribution in [2.24, 2.45) is 5.73 Å². The normalized spacial score (nSPS) is 16.2. The maximum atomic E-state index is 9.63. The highest BCUT2D eigenvalue weighted by Crippen LogP contribution is 2.43. The average molecular weight is 333 g/mol. The first-order valence-corrected chi connectivity index (χ1v) is 8.41. The van der Waals surface area contributed by atoms with E-state index in [1.165, 1.54) is 5.56 Å². The standard InChI is InChI=1S/C21H23N3O/c1-13(2)14-5-7-15(8-6-14)20-17-10-9-16(24(3)4)11-19(17)25-21(23)18(20)12-22/h5-11,13,20H,23H2,1-4H3/t20-/m1/s1. The van der Waals surface area contributed by atoms with E-state index in [0.717, 1.165) is 16.8 Å². The summed E-state index contributed by atoms with van der Waals surface area (Å²) in [7, 11) is 3.96. The van der Waals surface area contributed by atoms with Gasteiger partial charge < -0.3 is 15.4 Å². The van der Waals surface area contributed by atoms with Gasteiger partial charge in [-0.3, -0.25) is 0 Å². The van der Waals surface area contributed by atoms with Crippen molar-refractivity contribution in [3.8, 4) is 11.8 Å². The van der Waals surface area contributed by atoms with Gasteiger partial charge in [-0.2, -0.15) is 5.26 Å². The number of hydrogen-bond donors (Lipinski definition) is 1. The Hall–Kier alpha value is -2.93. The molecule has 0 aromatic heterocycles. The van der Waals surface area contributed by atoms with E-state index in [1.54, 1.807) is 0 Å². The van der Waals surface area contributed by atoms with E-state index in [1.807, 2.05) is 37.2 Å². The number of nitriles is 1. The lowest BCUT2D eigenvalue weighted by molar-refractivity contribution is 0.394. The van der Waals surface area contributed by atoms with Gasteiger partial charge in [0.05, 0.1) is 5.92 Å². The Morgan fingerprint density at radius 1 is 1.12 bits per heavy atom. The van der Waals surface area contributed by atoms with E-state index in [4.69, 9.17) is 10.5 Å². The number of nitrogens with two attached hydrogens (primary N) is 1. The van der Waals surface area contributed by atoms with Crippen LogP contribution in [0.4, 0.5) is 5.69 Å². The summed E-state index contributed by atoms with van der Waals surface area (Å²) in [6.07, 6.45) is 0. The highest BCUT2D eigenvalue weighted by Gasteiger charge is 2.30. The van der Waals surface area contributed by atoms with Crippen LogP contribution in [-0.4, -0.2) is 14.1 Å². The fourth-order valence-corrected chi connectivity index (χ4v) is 3.14. The first-order chi connectivity index (χ1) is 11.9. The molecule has 25 heavy (non-hydrogen) atoms. The van der Waals surface area contributed by atoms with Gasteiger partial charge in [0.25, 0.3) is 0 Å². The van der Waals surface area contributed by atoms with Crippen molar-refractivity contribution in [1.82, 2.24) is 0 Å². The molecule has 0 saturated carbocycles. The van der Waals surface area contributed by atoms with Crippen molar-refractivity contribution in [3.63, 3.8) is 0 Å². The van der Waals surface area contributed by atoms with Gasteiger partial charge in [0, 0.05) is 31.4 Å². The average Bonchev–Trinajstić information content (AvgIpc) is 2.60. The third-order valence-electron chi connectivity index (χ3n) is 4.66. The van der Waals surface area contributed by atoms with Crippen LogP contribution < -0.4 is 15.4 Å². The number of ether oxygens (including phenoxy) is 1. The fraction of sp³-hybridized carbons (Fsp3) is 0.286. The molecule has 1 aliphatic rings. The fourth-order valence-electron chi connectivity index (χ4n) is 3.14. The topological polar surface area (TPSA) is 62.3 Å². The van der Waals surface area contributed by atoms with Crippen molar-refractivity contribution >= 4 is 5.69 Å². The molecule has 2 aromatic rings. The Labute approximate surface area is 149 Å². The maximum Gasteiger partial charge on any atom is 0.205 e. The number of allylic oxidation sites excluding steroid dienone is 1. The van der Waals surface area contributed by atoms with Crippen LogP contribution >= 0.6 is 0 Å². The lowest BCUT2D eigenvalue weighted by Crippen LogP contribution is -2.21. The van der Waals surface area contributed by atoms with Crippen LogP contribution in [0.1, 0.15) is 42.4 Å². The van der Waals surface area contributed by atoms with E-state index in [0.29, 0.717) is 17.2 Å². The van der Waals surface area contributed by atoms with Crippen LogP contribution in [-0.2, 0) is 0 Å². The highest BCUT2D eigenvalue weighted by atomic mass is 16.5. The first-order valence-electron chi connectivity index (χ1n) is 8.41. The molecular formula is C21H23N3O. The third kappa shape index (κ3) is 3.06. The van der Waals surface area contributed by atoms with E-state index >= 15 is 0 Å². The second-order valence-electron chi connectivity index (χ2n) is 6.86. The molecule has 128 valence electrons. The molecule has 1 atom stereocenters. The van der Waals surface area contributed by atoms with Gasteiger partial charge in [0.1, 0.15) is 17.4 Å². The zero-order valence-corrected chi connectivity index (χ0v) is 15.1. The molecule has 0 amide bonds. The van der Waals surface area contributed by atoms with Gasteiger partial charge in [0.15, 0.2) is 0 Å². The number of nitrogens with zero attached hydrogens (tertiary/aromatic N) is 2. The number of benzene rings is 2. The van der Waals surface area contributed by atoms with E-state index in [2.05, 4.69) is 44.2 Å². The summed E-state index contributed by atoms with van der Waals surface area (Å²) in [5.74, 6) is 1.16. The van der Waals surface area contributed by atoms with Crippen LogP contribution in [0.2, 0.25) is 0 Å². The molecule has 0 aliphatic carbocycles. The SMILES string of the molecule is CC(C)c1ccc([C@H]2C(C#N)=C(N)Oc3cc(N(C)C)ccc32)cc1. The smallest absolute Gasteiger partial charge is 0.205 e. The quantitative estimate of drug-likeness (QED) is 0.919. The summed E-state index contributed by atoms with van der Waals surface area (Å²) >= 11 is 0. The zero-order chi connectivity index (χ0) is 18.1. The van der Waals surface area contributed by atoms with Crippen molar-refractivity contribution in [1.29, 1.82) is 5.26 Å². The molecule has 0 bridgehead atoms. The van der Waals surface area contributed by atoms with Crippen LogP contribution in [0.3, 0.4) is 0 Å². The molecule has 4 heteroatoms. The van der Waals surface area contributed by atoms with E-state index in [-0.39, 0.29) is 11.8 Å². The van der Waals surface area contributed by atoms with E-state index < -0.39 is 0 Å². The first kappa shape index (κ1) is 16.9. The second kappa shape index (κ2) is 6.52.